The minimum absolute atomic E-state index is 0.154. The Morgan fingerprint density at radius 2 is 1.46 bits per heavy atom. The van der Waals surface area contributed by atoms with Crippen LogP contribution in [0.3, 0.4) is 0 Å². The van der Waals surface area contributed by atoms with Gasteiger partial charge >= 0.3 is 12.1 Å². The third kappa shape index (κ3) is 7.88. The van der Waals surface area contributed by atoms with E-state index in [1.54, 1.807) is 41.3 Å². The molecule has 2 aliphatic heterocycles. The van der Waals surface area contributed by atoms with Gasteiger partial charge in [0.1, 0.15) is 5.75 Å². The zero-order valence-corrected chi connectivity index (χ0v) is 22.7. The van der Waals surface area contributed by atoms with Crippen LogP contribution in [0.4, 0.5) is 10.5 Å². The Kier molecular flexibility index (Phi) is 9.19. The van der Waals surface area contributed by atoms with E-state index >= 15 is 0 Å². The summed E-state index contributed by atoms with van der Waals surface area (Å²) >= 11 is 0. The van der Waals surface area contributed by atoms with Crippen molar-refractivity contribution in [3.8, 4) is 5.75 Å². The molecule has 2 fully saturated rings. The van der Waals surface area contributed by atoms with Crippen LogP contribution in [0.5, 0.6) is 5.75 Å². The summed E-state index contributed by atoms with van der Waals surface area (Å²) in [5.41, 5.74) is 3.25. The van der Waals surface area contributed by atoms with E-state index in [0.29, 0.717) is 49.7 Å². The molecule has 2 aliphatic rings. The Morgan fingerprint density at radius 3 is 2.10 bits per heavy atom. The number of piperazine rings is 1. The van der Waals surface area contributed by atoms with Gasteiger partial charge in [-0.1, -0.05) is 12.1 Å². The van der Waals surface area contributed by atoms with Crippen molar-refractivity contribution in [1.29, 1.82) is 0 Å². The van der Waals surface area contributed by atoms with Crippen molar-refractivity contribution in [2.75, 3.05) is 57.8 Å². The molecule has 2 saturated heterocycles. The van der Waals surface area contributed by atoms with E-state index in [1.807, 2.05) is 24.3 Å². The Balaban J connectivity index is 1.05. The number of nitrogens with one attached hydrogen (secondary N) is 1. The zero-order chi connectivity index (χ0) is 28.6. The van der Waals surface area contributed by atoms with Crippen molar-refractivity contribution in [3.05, 3.63) is 89.2 Å². The van der Waals surface area contributed by atoms with E-state index in [4.69, 9.17) is 14.6 Å². The summed E-state index contributed by atoms with van der Waals surface area (Å²) in [4.78, 5) is 46.7. The highest BCUT2D eigenvalue weighted by Gasteiger charge is 2.23. The lowest BCUT2D eigenvalue weighted by Crippen LogP contribution is -2.49. The van der Waals surface area contributed by atoms with Crippen molar-refractivity contribution in [2.24, 2.45) is 0 Å². The van der Waals surface area contributed by atoms with Crippen LogP contribution in [0.1, 0.15) is 32.0 Å². The number of carboxylic acid groups (broad SMARTS) is 1. The summed E-state index contributed by atoms with van der Waals surface area (Å²) in [5, 5.41) is 11.9. The number of amides is 2. The van der Waals surface area contributed by atoms with Crippen LogP contribution in [0.2, 0.25) is 0 Å². The quantitative estimate of drug-likeness (QED) is 0.428. The number of aromatic carboxylic acids is 1. The lowest BCUT2D eigenvalue weighted by molar-refractivity contribution is 0.0342. The molecular formula is C30H33N5O6. The second-order valence-electron chi connectivity index (χ2n) is 10.0. The number of nitrogens with zero attached hydrogens (tertiary/aromatic N) is 4. The molecule has 0 unspecified atom stereocenters. The van der Waals surface area contributed by atoms with Gasteiger partial charge in [0.25, 0.3) is 5.91 Å². The summed E-state index contributed by atoms with van der Waals surface area (Å²) < 4.78 is 10.9. The van der Waals surface area contributed by atoms with Crippen LogP contribution in [0.15, 0.2) is 66.9 Å². The Bertz CT molecular complexity index is 1330. The number of carboxylic acids is 1. The van der Waals surface area contributed by atoms with Gasteiger partial charge < -0.3 is 24.8 Å². The molecule has 0 saturated carbocycles. The minimum atomic E-state index is -1.00. The SMILES string of the molecule is O=C(O)c1ccc(CN2CCN(C(=O)Oc3ccc(NC(=O)c4ccc(CN5CCOCC5)cc4)cc3)CC2)nc1. The van der Waals surface area contributed by atoms with Gasteiger partial charge in [-0.2, -0.15) is 0 Å². The third-order valence-electron chi connectivity index (χ3n) is 7.13. The van der Waals surface area contributed by atoms with E-state index in [2.05, 4.69) is 20.1 Å². The van der Waals surface area contributed by atoms with Crippen LogP contribution >= 0.6 is 0 Å². The fourth-order valence-corrected chi connectivity index (χ4v) is 4.72. The molecule has 2 N–H and O–H groups in total. The first-order chi connectivity index (χ1) is 19.9. The van der Waals surface area contributed by atoms with Gasteiger partial charge in [0.2, 0.25) is 0 Å². The van der Waals surface area contributed by atoms with Gasteiger partial charge in [0.15, 0.2) is 0 Å². The highest BCUT2D eigenvalue weighted by atomic mass is 16.6. The number of hydrogen-bond donors (Lipinski definition) is 2. The Hall–Kier alpha value is -4.32. The zero-order valence-electron chi connectivity index (χ0n) is 22.7. The van der Waals surface area contributed by atoms with E-state index in [1.165, 1.54) is 6.20 Å². The fourth-order valence-electron chi connectivity index (χ4n) is 4.72. The molecule has 2 aromatic carbocycles. The first-order valence-electron chi connectivity index (χ1n) is 13.6. The van der Waals surface area contributed by atoms with Crippen LogP contribution in [0, 0.1) is 0 Å². The molecule has 0 spiro atoms. The van der Waals surface area contributed by atoms with Crippen LogP contribution < -0.4 is 10.1 Å². The number of pyridine rings is 1. The van der Waals surface area contributed by atoms with Gasteiger partial charge in [-0.15, -0.1) is 0 Å². The summed E-state index contributed by atoms with van der Waals surface area (Å²) in [6.45, 7) is 7.06. The lowest BCUT2D eigenvalue weighted by atomic mass is 10.1. The number of morpholine rings is 1. The molecule has 214 valence electrons. The normalized spacial score (nSPS) is 16.2. The smallest absolute Gasteiger partial charge is 0.415 e. The Morgan fingerprint density at radius 1 is 0.805 bits per heavy atom. The number of aromatic nitrogens is 1. The van der Waals surface area contributed by atoms with Crippen LogP contribution in [0.25, 0.3) is 0 Å². The van der Waals surface area contributed by atoms with E-state index < -0.39 is 12.1 Å². The first kappa shape index (κ1) is 28.2. The highest BCUT2D eigenvalue weighted by molar-refractivity contribution is 6.04. The molecule has 0 aliphatic carbocycles. The summed E-state index contributed by atoms with van der Waals surface area (Å²) in [5.74, 6) is -0.819. The van der Waals surface area contributed by atoms with E-state index in [-0.39, 0.29) is 11.5 Å². The molecule has 11 heteroatoms. The van der Waals surface area contributed by atoms with Crippen molar-refractivity contribution in [1.82, 2.24) is 19.7 Å². The number of rotatable bonds is 8. The molecule has 0 radical (unpaired) electrons. The fraction of sp³-hybridized carbons (Fsp3) is 0.333. The average molecular weight is 560 g/mol. The molecule has 11 nitrogen and oxygen atoms in total. The maximum atomic E-state index is 12.7. The predicted molar refractivity (Wildman–Crippen MR) is 151 cm³/mol. The van der Waals surface area contributed by atoms with Gasteiger partial charge in [0, 0.05) is 69.8 Å². The van der Waals surface area contributed by atoms with Crippen molar-refractivity contribution >= 4 is 23.7 Å². The van der Waals surface area contributed by atoms with E-state index in [9.17, 15) is 14.4 Å². The largest absolute Gasteiger partial charge is 0.478 e. The number of carbonyl (C=O) groups is 3. The number of hydrogen-bond acceptors (Lipinski definition) is 8. The summed E-state index contributed by atoms with van der Waals surface area (Å²) in [6, 6.07) is 17.6. The van der Waals surface area contributed by atoms with Crippen molar-refractivity contribution < 1.29 is 29.0 Å². The second-order valence-corrected chi connectivity index (χ2v) is 10.0. The van der Waals surface area contributed by atoms with Gasteiger partial charge in [-0.3, -0.25) is 19.6 Å². The third-order valence-corrected chi connectivity index (χ3v) is 7.13. The molecule has 1 aromatic heterocycles. The average Bonchev–Trinajstić information content (AvgIpc) is 2.99. The maximum absolute atomic E-state index is 12.7. The second kappa shape index (κ2) is 13.4. The molecule has 3 heterocycles. The van der Waals surface area contributed by atoms with Gasteiger partial charge in [-0.25, -0.2) is 9.59 Å². The number of anilines is 1. The molecular weight excluding hydrogens is 526 g/mol. The van der Waals surface area contributed by atoms with Gasteiger partial charge in [-0.05, 0) is 54.1 Å². The van der Waals surface area contributed by atoms with Crippen molar-refractivity contribution in [3.63, 3.8) is 0 Å². The molecule has 41 heavy (non-hydrogen) atoms. The number of benzene rings is 2. The maximum Gasteiger partial charge on any atom is 0.415 e. The number of ether oxygens (including phenoxy) is 2. The topological polar surface area (TPSA) is 125 Å². The van der Waals surface area contributed by atoms with Crippen LogP contribution in [-0.4, -0.2) is 95.2 Å². The monoisotopic (exact) mass is 559 g/mol. The van der Waals surface area contributed by atoms with Crippen molar-refractivity contribution in [2.45, 2.75) is 13.1 Å². The molecule has 0 atom stereocenters. The predicted octanol–water partition coefficient (Wildman–Crippen LogP) is 3.18. The lowest BCUT2D eigenvalue weighted by Gasteiger charge is -2.33. The highest BCUT2D eigenvalue weighted by Crippen LogP contribution is 2.19. The molecule has 3 aromatic rings. The standard InChI is InChI=1S/C30H33N5O6/c36-28(23-3-1-22(2-4-23)20-34-15-17-40-18-16-34)32-25-7-9-27(10-8-25)41-30(39)35-13-11-33(12-14-35)21-26-6-5-24(19-31-26)29(37)38/h1-10,19H,11-18,20-21H2,(H,32,36)(H,37,38). The minimum Gasteiger partial charge on any atom is -0.478 e. The van der Waals surface area contributed by atoms with E-state index in [0.717, 1.165) is 44.1 Å². The molecule has 5 rings (SSSR count). The summed E-state index contributed by atoms with van der Waals surface area (Å²) in [6.07, 6.45) is 0.926. The summed E-state index contributed by atoms with van der Waals surface area (Å²) in [7, 11) is 0. The molecule has 2 amide bonds. The number of carbonyl (C=O) groups excluding carboxylic acids is 2. The van der Waals surface area contributed by atoms with Crippen LogP contribution in [-0.2, 0) is 17.8 Å². The Labute approximate surface area is 238 Å². The van der Waals surface area contributed by atoms with Gasteiger partial charge in [0.05, 0.1) is 24.5 Å². The molecule has 0 bridgehead atoms. The first-order valence-corrected chi connectivity index (χ1v) is 13.6.